The second-order valence-corrected chi connectivity index (χ2v) is 5.86. The molecule has 0 aromatic carbocycles. The fraction of sp³-hybridized carbons (Fsp3) is 0.0667. The van der Waals surface area contributed by atoms with Crippen LogP contribution in [0.25, 0.3) is 26.3 Å². The van der Waals surface area contributed by atoms with Gasteiger partial charge in [0.1, 0.15) is 15.9 Å². The molecule has 0 saturated heterocycles. The second-order valence-electron chi connectivity index (χ2n) is 4.83. The molecule has 0 saturated carbocycles. The van der Waals surface area contributed by atoms with Gasteiger partial charge in [-0.3, -0.25) is 4.98 Å². The van der Waals surface area contributed by atoms with Crippen LogP contribution in [-0.4, -0.2) is 9.38 Å². The van der Waals surface area contributed by atoms with E-state index in [2.05, 4.69) is 50.6 Å². The molecule has 0 N–H and O–H groups in total. The van der Waals surface area contributed by atoms with Crippen molar-refractivity contribution in [1.82, 2.24) is 9.38 Å². The first-order valence-electron chi connectivity index (χ1n) is 6.28. The zero-order valence-corrected chi connectivity index (χ0v) is 10.9. The monoisotopic (exact) mass is 264 g/mol. The number of hydrogen-bond donors (Lipinski definition) is 0. The maximum Gasteiger partial charge on any atom is 0.272 e. The summed E-state index contributed by atoms with van der Waals surface area (Å²) in [6.07, 6.45) is 6.21. The highest BCUT2D eigenvalue weighted by molar-refractivity contribution is 7.21. The number of nitrogens with zero attached hydrogens (tertiary/aromatic N) is 3. The van der Waals surface area contributed by atoms with Crippen LogP contribution in [0.4, 0.5) is 0 Å². The zero-order chi connectivity index (χ0) is 12.4. The van der Waals surface area contributed by atoms with Crippen LogP contribution in [0, 0.1) is 0 Å². The van der Waals surface area contributed by atoms with Crippen molar-refractivity contribution in [2.45, 2.75) is 6.54 Å². The SMILES string of the molecule is c1cnc2c(c1)-c1sc3cn4ccccc4c3[n+]1C2. The minimum absolute atomic E-state index is 0.889. The molecule has 0 fully saturated rings. The highest BCUT2D eigenvalue weighted by atomic mass is 32.1. The third-order valence-corrected chi connectivity index (χ3v) is 4.92. The third kappa shape index (κ3) is 1.12. The smallest absolute Gasteiger partial charge is 0.272 e. The third-order valence-electron chi connectivity index (χ3n) is 3.77. The van der Waals surface area contributed by atoms with Crippen LogP contribution in [0.5, 0.6) is 0 Å². The molecule has 5 heterocycles. The van der Waals surface area contributed by atoms with Crippen molar-refractivity contribution in [1.29, 1.82) is 0 Å². The fourth-order valence-corrected chi connectivity index (χ4v) is 4.20. The fourth-order valence-electron chi connectivity index (χ4n) is 2.95. The van der Waals surface area contributed by atoms with E-state index in [1.54, 1.807) is 0 Å². The van der Waals surface area contributed by atoms with Gasteiger partial charge in [0.2, 0.25) is 5.52 Å². The summed E-state index contributed by atoms with van der Waals surface area (Å²) in [6, 6.07) is 10.5. The Hall–Kier alpha value is -2.20. The van der Waals surface area contributed by atoms with Gasteiger partial charge in [0, 0.05) is 18.6 Å². The van der Waals surface area contributed by atoms with Crippen molar-refractivity contribution >= 4 is 27.1 Å². The van der Waals surface area contributed by atoms with Gasteiger partial charge >= 0.3 is 0 Å². The van der Waals surface area contributed by atoms with Gasteiger partial charge in [0.25, 0.3) is 5.01 Å². The van der Waals surface area contributed by atoms with E-state index in [0.717, 1.165) is 6.54 Å². The van der Waals surface area contributed by atoms with Gasteiger partial charge in [-0.15, -0.1) is 0 Å². The molecule has 3 nitrogen and oxygen atoms in total. The molecule has 0 unspecified atom stereocenters. The Morgan fingerprint density at radius 1 is 1.21 bits per heavy atom. The normalized spacial score (nSPS) is 13.1. The molecule has 0 radical (unpaired) electrons. The first-order chi connectivity index (χ1) is 9.42. The Morgan fingerprint density at radius 3 is 3.21 bits per heavy atom. The van der Waals surface area contributed by atoms with Crippen LogP contribution in [0.1, 0.15) is 5.69 Å². The summed E-state index contributed by atoms with van der Waals surface area (Å²) in [5.74, 6) is 0. The summed E-state index contributed by atoms with van der Waals surface area (Å²) in [6.45, 7) is 0.889. The van der Waals surface area contributed by atoms with E-state index in [1.807, 2.05) is 23.6 Å². The maximum atomic E-state index is 4.50. The lowest BCUT2D eigenvalue weighted by Crippen LogP contribution is -2.30. The lowest BCUT2D eigenvalue weighted by Gasteiger charge is -1.91. The van der Waals surface area contributed by atoms with Crippen molar-refractivity contribution in [3.05, 3.63) is 54.6 Å². The molecule has 0 bridgehead atoms. The zero-order valence-electron chi connectivity index (χ0n) is 10.1. The van der Waals surface area contributed by atoms with Crippen LogP contribution in [0.15, 0.2) is 48.9 Å². The summed E-state index contributed by atoms with van der Waals surface area (Å²) >= 11 is 1.86. The van der Waals surface area contributed by atoms with Crippen molar-refractivity contribution in [3.63, 3.8) is 0 Å². The van der Waals surface area contributed by atoms with Crippen molar-refractivity contribution in [2.24, 2.45) is 0 Å². The first-order valence-corrected chi connectivity index (χ1v) is 7.10. The van der Waals surface area contributed by atoms with E-state index in [9.17, 15) is 0 Å². The molecule has 0 amide bonds. The van der Waals surface area contributed by atoms with Crippen LogP contribution < -0.4 is 4.57 Å². The van der Waals surface area contributed by atoms with Gasteiger partial charge in [-0.25, -0.2) is 0 Å². The molecule has 5 rings (SSSR count). The predicted octanol–water partition coefficient (Wildman–Crippen LogP) is 2.87. The summed E-state index contributed by atoms with van der Waals surface area (Å²) in [4.78, 5) is 4.50. The summed E-state index contributed by atoms with van der Waals surface area (Å²) < 4.78 is 5.94. The van der Waals surface area contributed by atoms with E-state index in [1.165, 1.54) is 32.0 Å². The summed E-state index contributed by atoms with van der Waals surface area (Å²) in [7, 11) is 0. The molecule has 0 aliphatic carbocycles. The maximum absolute atomic E-state index is 4.50. The van der Waals surface area contributed by atoms with E-state index in [4.69, 9.17) is 0 Å². The minimum Gasteiger partial charge on any atom is -0.317 e. The van der Waals surface area contributed by atoms with Gasteiger partial charge in [-0.05, 0) is 24.3 Å². The van der Waals surface area contributed by atoms with Gasteiger partial charge < -0.3 is 4.40 Å². The quantitative estimate of drug-likeness (QED) is 0.394. The van der Waals surface area contributed by atoms with Gasteiger partial charge in [-0.1, -0.05) is 17.4 Å². The van der Waals surface area contributed by atoms with E-state index in [0.29, 0.717) is 0 Å². The van der Waals surface area contributed by atoms with E-state index in [-0.39, 0.29) is 0 Å². The molecule has 4 aromatic rings. The minimum atomic E-state index is 0.889. The van der Waals surface area contributed by atoms with Crippen molar-refractivity contribution in [2.75, 3.05) is 0 Å². The molecule has 19 heavy (non-hydrogen) atoms. The van der Waals surface area contributed by atoms with Gasteiger partial charge in [-0.2, -0.15) is 4.57 Å². The second kappa shape index (κ2) is 3.22. The number of rotatable bonds is 0. The predicted molar refractivity (Wildman–Crippen MR) is 75.3 cm³/mol. The molecule has 4 heteroatoms. The highest BCUT2D eigenvalue weighted by Gasteiger charge is 2.33. The van der Waals surface area contributed by atoms with Crippen LogP contribution in [0.2, 0.25) is 0 Å². The Kier molecular flexibility index (Phi) is 1.64. The summed E-state index contributed by atoms with van der Waals surface area (Å²) in [5.41, 5.74) is 5.08. The summed E-state index contributed by atoms with van der Waals surface area (Å²) in [5, 5.41) is 1.33. The molecule has 0 spiro atoms. The topological polar surface area (TPSA) is 21.2 Å². The molecule has 1 aliphatic rings. The Morgan fingerprint density at radius 2 is 2.21 bits per heavy atom. The number of thiazole rings is 1. The van der Waals surface area contributed by atoms with Crippen LogP contribution in [-0.2, 0) is 6.54 Å². The largest absolute Gasteiger partial charge is 0.317 e. The number of pyridine rings is 2. The van der Waals surface area contributed by atoms with E-state index >= 15 is 0 Å². The highest BCUT2D eigenvalue weighted by Crippen LogP contribution is 2.36. The molecule has 1 aliphatic heterocycles. The van der Waals surface area contributed by atoms with Crippen LogP contribution in [0.3, 0.4) is 0 Å². The molecule has 4 aromatic heterocycles. The average Bonchev–Trinajstić information content (AvgIpc) is 3.05. The lowest BCUT2D eigenvalue weighted by molar-refractivity contribution is -0.641. The molecule has 0 atom stereocenters. The lowest BCUT2D eigenvalue weighted by atomic mass is 10.2. The molecule has 90 valence electrons. The van der Waals surface area contributed by atoms with Crippen molar-refractivity contribution in [3.8, 4) is 10.6 Å². The first kappa shape index (κ1) is 9.69. The Labute approximate surface area is 113 Å². The van der Waals surface area contributed by atoms with Gasteiger partial charge in [0.05, 0.1) is 5.56 Å². The molecular weight excluding hydrogens is 254 g/mol. The average molecular weight is 264 g/mol. The number of fused-ring (bicyclic) bond motifs is 7. The Bertz CT molecular complexity index is 949. The number of hydrogen-bond acceptors (Lipinski definition) is 2. The van der Waals surface area contributed by atoms with Crippen molar-refractivity contribution < 1.29 is 4.57 Å². The Balaban J connectivity index is 1.94. The molecular formula is C15H10N3S+. The van der Waals surface area contributed by atoms with Gasteiger partial charge in [0.15, 0.2) is 6.54 Å². The number of aromatic nitrogens is 3. The van der Waals surface area contributed by atoms with Crippen LogP contribution >= 0.6 is 11.3 Å². The standard InChI is InChI=1S/C15H10N3S/c1-2-7-17-9-13-14(12(17)5-1)18-8-11-10(15(18)19-13)4-3-6-16-11/h1-7,9H,8H2/q+1. The van der Waals surface area contributed by atoms with E-state index < -0.39 is 0 Å².